The number of hydrogen-bond acceptors (Lipinski definition) is 2. The second-order valence-corrected chi connectivity index (χ2v) is 3.08. The summed E-state index contributed by atoms with van der Waals surface area (Å²) in [4.78, 5) is 10.4. The number of halogens is 1. The Kier molecular flexibility index (Phi) is 6.27. The van der Waals surface area contributed by atoms with Crippen LogP contribution >= 0.6 is 11.6 Å². The van der Waals surface area contributed by atoms with Crippen LogP contribution in [0.15, 0.2) is 0 Å². The van der Waals surface area contributed by atoms with Crippen LogP contribution in [-0.2, 0) is 4.79 Å². The zero-order chi connectivity index (χ0) is 8.69. The molecule has 11 heavy (non-hydrogen) atoms. The number of carbonyl (C=O) groups is 1. The van der Waals surface area contributed by atoms with Crippen LogP contribution in [0.5, 0.6) is 0 Å². The molecule has 0 aromatic heterocycles. The molecule has 3 N–H and O–H groups in total. The average molecular weight is 179 g/mol. The predicted octanol–water partition coefficient (Wildman–Crippen LogP) is 0.469. The van der Waals surface area contributed by atoms with Gasteiger partial charge in [-0.2, -0.15) is 0 Å². The maximum Gasteiger partial charge on any atom is 0.216 e. The monoisotopic (exact) mass is 178 g/mol. The lowest BCUT2D eigenvalue weighted by Gasteiger charge is -2.05. The Hall–Kier alpha value is -0.280. The highest BCUT2D eigenvalue weighted by molar-refractivity contribution is 6.20. The van der Waals surface area contributed by atoms with Crippen LogP contribution in [0.2, 0.25) is 0 Å². The molecule has 0 aromatic rings. The molecule has 0 aliphatic carbocycles. The first-order valence-electron chi connectivity index (χ1n) is 3.75. The Labute approximate surface area is 72.3 Å². The van der Waals surface area contributed by atoms with E-state index in [1.165, 1.54) is 6.92 Å². The lowest BCUT2D eigenvalue weighted by molar-refractivity contribution is -0.118. The quantitative estimate of drug-likeness (QED) is 0.475. The summed E-state index contributed by atoms with van der Waals surface area (Å²) in [5.74, 6) is 0.00358. The van der Waals surface area contributed by atoms with Gasteiger partial charge in [-0.05, 0) is 12.8 Å². The standard InChI is InChI=1S/C7H15ClN2O/c1-6(11)10-4-2-3-7(8)5-9/h7H,2-5,9H2,1H3,(H,10,11). The summed E-state index contributed by atoms with van der Waals surface area (Å²) in [5, 5.41) is 2.73. The van der Waals surface area contributed by atoms with Crippen molar-refractivity contribution < 1.29 is 4.79 Å². The SMILES string of the molecule is CC(=O)NCCCC(Cl)CN. The van der Waals surface area contributed by atoms with Crippen molar-refractivity contribution in [2.45, 2.75) is 25.1 Å². The van der Waals surface area contributed by atoms with E-state index in [9.17, 15) is 4.79 Å². The normalized spacial score (nSPS) is 12.6. The van der Waals surface area contributed by atoms with Gasteiger partial charge in [-0.3, -0.25) is 4.79 Å². The smallest absolute Gasteiger partial charge is 0.216 e. The van der Waals surface area contributed by atoms with Crippen LogP contribution in [0.3, 0.4) is 0 Å². The molecule has 0 heterocycles. The van der Waals surface area contributed by atoms with Crippen molar-refractivity contribution in [2.75, 3.05) is 13.1 Å². The van der Waals surface area contributed by atoms with Crippen LogP contribution in [0.1, 0.15) is 19.8 Å². The van der Waals surface area contributed by atoms with Crippen LogP contribution in [0.4, 0.5) is 0 Å². The lowest BCUT2D eigenvalue weighted by atomic mass is 10.2. The second-order valence-electron chi connectivity index (χ2n) is 2.46. The fraction of sp³-hybridized carbons (Fsp3) is 0.857. The molecule has 0 fully saturated rings. The molecule has 0 saturated carbocycles. The summed E-state index contributed by atoms with van der Waals surface area (Å²) in [5.41, 5.74) is 5.29. The molecule has 66 valence electrons. The Balaban J connectivity index is 3.08. The maximum atomic E-state index is 10.4. The van der Waals surface area contributed by atoms with Crippen LogP contribution < -0.4 is 11.1 Å². The van der Waals surface area contributed by atoms with Gasteiger partial charge in [0.25, 0.3) is 0 Å². The predicted molar refractivity (Wildman–Crippen MR) is 46.6 cm³/mol. The van der Waals surface area contributed by atoms with Gasteiger partial charge in [0.2, 0.25) is 5.91 Å². The molecule has 0 radical (unpaired) electrons. The van der Waals surface area contributed by atoms with Crippen LogP contribution in [0.25, 0.3) is 0 Å². The number of carbonyl (C=O) groups excluding carboxylic acids is 1. The van der Waals surface area contributed by atoms with Crippen molar-refractivity contribution >= 4 is 17.5 Å². The molecule has 3 nitrogen and oxygen atoms in total. The van der Waals surface area contributed by atoms with E-state index in [0.717, 1.165) is 12.8 Å². The van der Waals surface area contributed by atoms with Gasteiger partial charge in [0, 0.05) is 25.4 Å². The third-order valence-electron chi connectivity index (χ3n) is 1.32. The summed E-state index contributed by atoms with van der Waals surface area (Å²) >= 11 is 5.74. The van der Waals surface area contributed by atoms with Gasteiger partial charge < -0.3 is 11.1 Å². The van der Waals surface area contributed by atoms with E-state index in [4.69, 9.17) is 17.3 Å². The fourth-order valence-electron chi connectivity index (χ4n) is 0.706. The molecule has 1 atom stereocenters. The third-order valence-corrected chi connectivity index (χ3v) is 1.72. The first-order valence-corrected chi connectivity index (χ1v) is 4.19. The molecular weight excluding hydrogens is 164 g/mol. The highest BCUT2D eigenvalue weighted by atomic mass is 35.5. The van der Waals surface area contributed by atoms with E-state index in [1.807, 2.05) is 0 Å². The average Bonchev–Trinajstić information content (AvgIpc) is 1.97. The van der Waals surface area contributed by atoms with Crippen molar-refractivity contribution in [1.29, 1.82) is 0 Å². The van der Waals surface area contributed by atoms with Gasteiger partial charge in [0.05, 0.1) is 0 Å². The van der Waals surface area contributed by atoms with Crippen LogP contribution in [0, 0.1) is 0 Å². The Morgan fingerprint density at radius 3 is 2.82 bits per heavy atom. The number of nitrogens with two attached hydrogens (primary N) is 1. The van der Waals surface area contributed by atoms with Crippen LogP contribution in [-0.4, -0.2) is 24.4 Å². The minimum Gasteiger partial charge on any atom is -0.356 e. The fourth-order valence-corrected chi connectivity index (χ4v) is 0.860. The van der Waals surface area contributed by atoms with E-state index in [0.29, 0.717) is 13.1 Å². The molecule has 0 bridgehead atoms. The lowest BCUT2D eigenvalue weighted by Crippen LogP contribution is -2.22. The summed E-state index contributed by atoms with van der Waals surface area (Å²) in [6.07, 6.45) is 1.75. The highest BCUT2D eigenvalue weighted by Gasteiger charge is 2.00. The largest absolute Gasteiger partial charge is 0.356 e. The molecule has 1 unspecified atom stereocenters. The molecule has 0 aliphatic rings. The second kappa shape index (κ2) is 6.43. The summed E-state index contributed by atoms with van der Waals surface area (Å²) < 4.78 is 0. The van der Waals surface area contributed by atoms with E-state index in [2.05, 4.69) is 5.32 Å². The molecule has 1 amide bonds. The Bertz CT molecular complexity index is 119. The minimum absolute atomic E-state index is 0.00358. The number of hydrogen-bond donors (Lipinski definition) is 2. The number of nitrogens with one attached hydrogen (secondary N) is 1. The topological polar surface area (TPSA) is 55.1 Å². The third kappa shape index (κ3) is 7.62. The highest BCUT2D eigenvalue weighted by Crippen LogP contribution is 2.01. The van der Waals surface area contributed by atoms with Crippen molar-refractivity contribution in [1.82, 2.24) is 5.32 Å². The zero-order valence-corrected chi connectivity index (χ0v) is 7.53. The zero-order valence-electron chi connectivity index (χ0n) is 6.77. The summed E-state index contributed by atoms with van der Waals surface area (Å²) in [7, 11) is 0. The Morgan fingerprint density at radius 1 is 1.73 bits per heavy atom. The molecule has 0 spiro atoms. The van der Waals surface area contributed by atoms with Crippen molar-refractivity contribution in [3.63, 3.8) is 0 Å². The van der Waals surface area contributed by atoms with Gasteiger partial charge in [-0.1, -0.05) is 0 Å². The summed E-state index contributed by atoms with van der Waals surface area (Å²) in [6.45, 7) is 2.70. The van der Waals surface area contributed by atoms with Gasteiger partial charge in [0.1, 0.15) is 0 Å². The first-order chi connectivity index (χ1) is 5.16. The maximum absolute atomic E-state index is 10.4. The van der Waals surface area contributed by atoms with E-state index >= 15 is 0 Å². The van der Waals surface area contributed by atoms with Gasteiger partial charge in [0.15, 0.2) is 0 Å². The van der Waals surface area contributed by atoms with E-state index < -0.39 is 0 Å². The number of alkyl halides is 1. The molecule has 4 heteroatoms. The molecule has 0 aromatic carbocycles. The summed E-state index contributed by atoms with van der Waals surface area (Å²) in [6, 6.07) is 0. The van der Waals surface area contributed by atoms with Gasteiger partial charge in [-0.25, -0.2) is 0 Å². The number of amides is 1. The van der Waals surface area contributed by atoms with Crippen molar-refractivity contribution in [2.24, 2.45) is 5.73 Å². The Morgan fingerprint density at radius 2 is 2.36 bits per heavy atom. The van der Waals surface area contributed by atoms with Crippen molar-refractivity contribution in [3.8, 4) is 0 Å². The number of rotatable bonds is 5. The molecular formula is C7H15ClN2O. The molecule has 0 saturated heterocycles. The van der Waals surface area contributed by atoms with Gasteiger partial charge >= 0.3 is 0 Å². The van der Waals surface area contributed by atoms with E-state index in [-0.39, 0.29) is 11.3 Å². The minimum atomic E-state index is 0.00358. The molecule has 0 rings (SSSR count). The van der Waals surface area contributed by atoms with E-state index in [1.54, 1.807) is 0 Å². The van der Waals surface area contributed by atoms with Gasteiger partial charge in [-0.15, -0.1) is 11.6 Å². The van der Waals surface area contributed by atoms with Crippen molar-refractivity contribution in [3.05, 3.63) is 0 Å². The molecule has 0 aliphatic heterocycles. The first kappa shape index (κ1) is 10.7.